The zero-order valence-electron chi connectivity index (χ0n) is 10.5. The van der Waals surface area contributed by atoms with Crippen LogP contribution in [-0.2, 0) is 14.3 Å². The molecule has 1 aliphatic heterocycles. The van der Waals surface area contributed by atoms with E-state index in [1.165, 1.54) is 12.2 Å². The first-order valence-corrected chi connectivity index (χ1v) is 6.88. The normalized spacial score (nSPS) is 29.5. The van der Waals surface area contributed by atoms with Crippen LogP contribution in [-0.4, -0.2) is 42.6 Å². The molecule has 96 valence electrons. The van der Waals surface area contributed by atoms with Gasteiger partial charge in [0.25, 0.3) is 10.1 Å². The predicted molar refractivity (Wildman–Crippen MR) is 60.7 cm³/mol. The van der Waals surface area contributed by atoms with Gasteiger partial charge in [0.1, 0.15) is 0 Å². The molecule has 16 heavy (non-hydrogen) atoms. The molecular weight excluding hydrogens is 230 g/mol. The van der Waals surface area contributed by atoms with E-state index in [1.54, 1.807) is 0 Å². The molecule has 1 rings (SSSR count). The van der Waals surface area contributed by atoms with Gasteiger partial charge in [-0.3, -0.25) is 4.18 Å². The minimum atomic E-state index is -3.49. The molecule has 6 heteroatoms. The zero-order chi connectivity index (χ0) is 12.8. The van der Waals surface area contributed by atoms with Crippen molar-refractivity contribution in [3.8, 4) is 0 Å². The van der Waals surface area contributed by atoms with Crippen molar-refractivity contribution in [2.24, 2.45) is 5.92 Å². The third-order valence-corrected chi connectivity index (χ3v) is 4.84. The van der Waals surface area contributed by atoms with Crippen LogP contribution in [0.5, 0.6) is 0 Å². The lowest BCUT2D eigenvalue weighted by Crippen LogP contribution is -2.48. The van der Waals surface area contributed by atoms with Crippen molar-refractivity contribution >= 4 is 10.1 Å². The second-order valence-electron chi connectivity index (χ2n) is 5.57. The van der Waals surface area contributed by atoms with Crippen molar-refractivity contribution in [1.29, 1.82) is 0 Å². The van der Waals surface area contributed by atoms with Gasteiger partial charge in [-0.15, -0.1) is 0 Å². The smallest absolute Gasteiger partial charge is 0.267 e. The second kappa shape index (κ2) is 3.94. The van der Waals surface area contributed by atoms with Crippen LogP contribution in [0.3, 0.4) is 0 Å². The van der Waals surface area contributed by atoms with Gasteiger partial charge >= 0.3 is 0 Å². The third-order valence-electron chi connectivity index (χ3n) is 3.52. The van der Waals surface area contributed by atoms with Crippen molar-refractivity contribution in [2.45, 2.75) is 45.2 Å². The molecule has 1 aliphatic rings. The molecular formula is C10H21NO4S. The molecule has 1 saturated heterocycles. The Bertz CT molecular complexity index is 361. The van der Waals surface area contributed by atoms with Gasteiger partial charge in [0.05, 0.1) is 12.9 Å². The Balaban J connectivity index is 2.93. The Morgan fingerprint density at radius 2 is 1.88 bits per heavy atom. The monoisotopic (exact) mass is 251 g/mol. The van der Waals surface area contributed by atoms with Crippen LogP contribution >= 0.6 is 0 Å². The van der Waals surface area contributed by atoms with Crippen LogP contribution in [0.1, 0.15) is 34.1 Å². The highest BCUT2D eigenvalue weighted by Crippen LogP contribution is 2.43. The first-order valence-electron chi connectivity index (χ1n) is 5.30. The maximum Gasteiger partial charge on any atom is 0.267 e. The van der Waals surface area contributed by atoms with E-state index in [9.17, 15) is 13.6 Å². The Morgan fingerprint density at radius 1 is 1.38 bits per heavy atom. The largest absolute Gasteiger partial charge is 0.313 e. The van der Waals surface area contributed by atoms with Gasteiger partial charge in [-0.1, -0.05) is 0 Å². The highest BCUT2D eigenvalue weighted by Gasteiger charge is 2.52. The summed E-state index contributed by atoms with van der Waals surface area (Å²) >= 11 is 0. The quantitative estimate of drug-likeness (QED) is 0.764. The number of hydroxylamine groups is 2. The minimum absolute atomic E-state index is 0.0585. The minimum Gasteiger partial charge on any atom is -0.313 e. The van der Waals surface area contributed by atoms with Crippen LogP contribution in [0.15, 0.2) is 0 Å². The van der Waals surface area contributed by atoms with E-state index in [2.05, 4.69) is 4.18 Å². The van der Waals surface area contributed by atoms with E-state index in [0.29, 0.717) is 6.42 Å². The van der Waals surface area contributed by atoms with E-state index in [-0.39, 0.29) is 11.7 Å². The molecule has 1 fully saturated rings. The molecule has 5 nitrogen and oxygen atoms in total. The highest BCUT2D eigenvalue weighted by atomic mass is 32.2. The first kappa shape index (κ1) is 13.9. The van der Waals surface area contributed by atoms with Gasteiger partial charge in [-0.25, -0.2) is 0 Å². The standard InChI is InChI=1S/C10H21NO4S/c1-9(2)6-8(7-16(13,14)15-5)10(3,4)11(9)12/h8,12H,6-7H2,1-5H3. The number of rotatable bonds is 3. The van der Waals surface area contributed by atoms with Crippen LogP contribution < -0.4 is 0 Å². The summed E-state index contributed by atoms with van der Waals surface area (Å²) in [7, 11) is -2.32. The van der Waals surface area contributed by atoms with Crippen LogP contribution in [0.2, 0.25) is 0 Å². The molecule has 0 aliphatic carbocycles. The number of hydrogen-bond donors (Lipinski definition) is 1. The molecule has 1 N–H and O–H groups in total. The Hall–Kier alpha value is -0.170. The summed E-state index contributed by atoms with van der Waals surface area (Å²) in [4.78, 5) is 0. The maximum absolute atomic E-state index is 11.4. The van der Waals surface area contributed by atoms with Gasteiger partial charge in [-0.05, 0) is 40.0 Å². The molecule has 0 aromatic heterocycles. The molecule has 1 atom stereocenters. The number of hydrogen-bond acceptors (Lipinski definition) is 5. The van der Waals surface area contributed by atoms with Crippen LogP contribution in [0.25, 0.3) is 0 Å². The summed E-state index contributed by atoms with van der Waals surface area (Å²) in [6, 6.07) is 0. The van der Waals surface area contributed by atoms with Crippen molar-refractivity contribution in [1.82, 2.24) is 5.06 Å². The van der Waals surface area contributed by atoms with E-state index < -0.39 is 21.2 Å². The van der Waals surface area contributed by atoms with E-state index in [0.717, 1.165) is 0 Å². The predicted octanol–water partition coefficient (Wildman–Crippen LogP) is 1.23. The van der Waals surface area contributed by atoms with Crippen molar-refractivity contribution < 1.29 is 17.8 Å². The molecule has 0 amide bonds. The third kappa shape index (κ3) is 2.40. The van der Waals surface area contributed by atoms with Crippen LogP contribution in [0, 0.1) is 5.92 Å². The Morgan fingerprint density at radius 3 is 2.19 bits per heavy atom. The summed E-state index contributed by atoms with van der Waals surface area (Å²) in [5.41, 5.74) is -0.966. The van der Waals surface area contributed by atoms with Crippen molar-refractivity contribution in [3.05, 3.63) is 0 Å². The average molecular weight is 251 g/mol. The van der Waals surface area contributed by atoms with Gasteiger partial charge in [0.2, 0.25) is 0 Å². The summed E-state index contributed by atoms with van der Waals surface area (Å²) < 4.78 is 27.3. The van der Waals surface area contributed by atoms with E-state index >= 15 is 0 Å². The summed E-state index contributed by atoms with van der Waals surface area (Å²) in [6.45, 7) is 7.48. The Kier molecular flexibility index (Phi) is 3.42. The average Bonchev–Trinajstić information content (AvgIpc) is 2.27. The van der Waals surface area contributed by atoms with Crippen molar-refractivity contribution in [3.63, 3.8) is 0 Å². The van der Waals surface area contributed by atoms with Crippen molar-refractivity contribution in [2.75, 3.05) is 12.9 Å². The summed E-state index contributed by atoms with van der Waals surface area (Å²) in [5.74, 6) is -0.200. The maximum atomic E-state index is 11.4. The molecule has 1 unspecified atom stereocenters. The zero-order valence-corrected chi connectivity index (χ0v) is 11.3. The van der Waals surface area contributed by atoms with E-state index in [1.807, 2.05) is 27.7 Å². The van der Waals surface area contributed by atoms with Gasteiger partial charge in [-0.2, -0.15) is 13.5 Å². The molecule has 0 saturated carbocycles. The lowest BCUT2D eigenvalue weighted by atomic mass is 9.89. The molecule has 0 spiro atoms. The van der Waals surface area contributed by atoms with Crippen LogP contribution in [0.4, 0.5) is 0 Å². The molecule has 0 aromatic rings. The fourth-order valence-electron chi connectivity index (χ4n) is 2.47. The first-order chi connectivity index (χ1) is 7.03. The molecule has 0 aromatic carbocycles. The fraction of sp³-hybridized carbons (Fsp3) is 1.00. The lowest BCUT2D eigenvalue weighted by molar-refractivity contribution is -0.195. The second-order valence-corrected chi connectivity index (χ2v) is 7.35. The fourth-order valence-corrected chi connectivity index (χ4v) is 3.62. The lowest BCUT2D eigenvalue weighted by Gasteiger charge is -2.35. The number of nitrogens with zero attached hydrogens (tertiary/aromatic N) is 1. The highest BCUT2D eigenvalue weighted by molar-refractivity contribution is 7.86. The summed E-state index contributed by atoms with van der Waals surface area (Å²) in [6.07, 6.45) is 0.624. The van der Waals surface area contributed by atoms with E-state index in [4.69, 9.17) is 0 Å². The molecule has 0 radical (unpaired) electrons. The molecule has 0 bridgehead atoms. The SMILES string of the molecule is COS(=O)(=O)CC1CC(C)(C)N(O)C1(C)C. The topological polar surface area (TPSA) is 66.8 Å². The van der Waals surface area contributed by atoms with Gasteiger partial charge in [0.15, 0.2) is 0 Å². The Labute approximate surface area is 97.5 Å². The van der Waals surface area contributed by atoms with Gasteiger partial charge in [0, 0.05) is 11.1 Å². The summed E-state index contributed by atoms with van der Waals surface area (Å²) in [5, 5.41) is 11.3. The molecule has 1 heterocycles. The van der Waals surface area contributed by atoms with Gasteiger partial charge < -0.3 is 5.21 Å².